The van der Waals surface area contributed by atoms with Crippen LogP contribution >= 0.6 is 0 Å². The minimum atomic E-state index is -0.930. The fourth-order valence-corrected chi connectivity index (χ4v) is 3.02. The van der Waals surface area contributed by atoms with Gasteiger partial charge in [0, 0.05) is 28.1 Å². The van der Waals surface area contributed by atoms with Crippen LogP contribution in [0.5, 0.6) is 5.75 Å². The number of benzene rings is 1. The van der Waals surface area contributed by atoms with Gasteiger partial charge >= 0.3 is 11.7 Å². The first-order chi connectivity index (χ1) is 13.1. The lowest BCUT2D eigenvalue weighted by Gasteiger charge is -2.27. The smallest absolute Gasteiger partial charge is 0.332 e. The van der Waals surface area contributed by atoms with Gasteiger partial charge in [0.1, 0.15) is 11.4 Å². The summed E-state index contributed by atoms with van der Waals surface area (Å²) in [4.78, 5) is 50.4. The summed E-state index contributed by atoms with van der Waals surface area (Å²) >= 11 is 0. The molecular weight excluding hydrogens is 368 g/mol. The van der Waals surface area contributed by atoms with Gasteiger partial charge in [-0.1, -0.05) is 12.1 Å². The third-order valence-corrected chi connectivity index (χ3v) is 4.46. The summed E-state index contributed by atoms with van der Waals surface area (Å²) in [6.07, 6.45) is -0.930. The summed E-state index contributed by atoms with van der Waals surface area (Å²) in [6, 6.07) is 6.18. The highest BCUT2D eigenvalue weighted by atomic mass is 16.5. The number of para-hydroxylation sites is 1. The van der Waals surface area contributed by atoms with Crippen LogP contribution in [0.2, 0.25) is 0 Å². The van der Waals surface area contributed by atoms with Crippen LogP contribution in [-0.2, 0) is 18.9 Å². The van der Waals surface area contributed by atoms with Crippen molar-refractivity contribution >= 4 is 23.4 Å². The van der Waals surface area contributed by atoms with Crippen molar-refractivity contribution in [1.29, 1.82) is 0 Å². The maximum Gasteiger partial charge on any atom is 0.332 e. The van der Waals surface area contributed by atoms with E-state index in [4.69, 9.17) is 10.5 Å². The minimum absolute atomic E-state index is 0.0757. The summed E-state index contributed by atoms with van der Waals surface area (Å²) in [6.45, 7) is 1.22. The number of amides is 1. The van der Waals surface area contributed by atoms with Gasteiger partial charge in [-0.05, 0) is 12.1 Å². The quantitative estimate of drug-likeness (QED) is 0.498. The summed E-state index contributed by atoms with van der Waals surface area (Å²) in [7, 11) is 4.41. The molecule has 11 heteroatoms. The molecule has 0 saturated carbocycles. The number of nitrogens with two attached hydrogens (primary N) is 1. The van der Waals surface area contributed by atoms with Crippen molar-refractivity contribution in [1.82, 2.24) is 14.6 Å². The van der Waals surface area contributed by atoms with Gasteiger partial charge in [0.2, 0.25) is 0 Å². The van der Waals surface area contributed by atoms with E-state index in [1.807, 2.05) is 0 Å². The minimum Gasteiger partial charge on any atom is -0.426 e. The molecule has 1 amide bonds. The first kappa shape index (κ1) is 19.2. The molecule has 28 heavy (non-hydrogen) atoms. The monoisotopic (exact) mass is 388 g/mol. The van der Waals surface area contributed by atoms with Crippen LogP contribution < -0.4 is 37.1 Å². The number of nitrogens with zero attached hydrogens (tertiary/aromatic N) is 4. The second-order valence-electron chi connectivity index (χ2n) is 6.30. The van der Waals surface area contributed by atoms with Crippen LogP contribution in [0, 0.1) is 0 Å². The van der Waals surface area contributed by atoms with Gasteiger partial charge in [0.05, 0.1) is 5.56 Å². The number of nitrogens with one attached hydrogen (secondary N) is 1. The molecule has 3 rings (SSSR count). The number of hydrogen-bond donors (Lipinski definition) is 2. The molecule has 3 N–H and O–H groups in total. The fraction of sp³-hybridized carbons (Fsp3) is 0.294. The highest BCUT2D eigenvalue weighted by molar-refractivity contribution is 5.99. The van der Waals surface area contributed by atoms with Gasteiger partial charge in [0.15, 0.2) is 12.1 Å². The Hall–Kier alpha value is -3.60. The van der Waals surface area contributed by atoms with Crippen LogP contribution in [0.4, 0.5) is 11.5 Å². The highest BCUT2D eigenvalue weighted by Gasteiger charge is 2.38. The first-order valence-corrected chi connectivity index (χ1v) is 8.31. The maximum absolute atomic E-state index is 12.8. The number of carbonyl (C=O) groups excluding carboxylic acids is 2. The zero-order valence-corrected chi connectivity index (χ0v) is 15.8. The third kappa shape index (κ3) is 2.91. The van der Waals surface area contributed by atoms with Crippen molar-refractivity contribution in [3.63, 3.8) is 0 Å². The summed E-state index contributed by atoms with van der Waals surface area (Å²) in [5, 5.41) is 1.23. The Balaban J connectivity index is 2.04. The molecule has 0 radical (unpaired) electrons. The normalized spacial score (nSPS) is 15.4. The Kier molecular flexibility index (Phi) is 4.69. The first-order valence-electron chi connectivity index (χ1n) is 8.31. The van der Waals surface area contributed by atoms with E-state index in [0.717, 1.165) is 4.57 Å². The van der Waals surface area contributed by atoms with E-state index in [0.29, 0.717) is 0 Å². The SMILES string of the molecule is CC(=O)Oc1ccccc1C(=O)NN1c2c(c(=O)n(C)c(=O)n2C)N(C)C1N. The largest absolute Gasteiger partial charge is 0.426 e. The predicted molar refractivity (Wildman–Crippen MR) is 101 cm³/mol. The van der Waals surface area contributed by atoms with Crippen molar-refractivity contribution in [2.45, 2.75) is 13.2 Å². The Morgan fingerprint density at radius 3 is 2.39 bits per heavy atom. The van der Waals surface area contributed by atoms with Crippen molar-refractivity contribution in [3.05, 3.63) is 50.7 Å². The second-order valence-corrected chi connectivity index (χ2v) is 6.30. The molecule has 0 spiro atoms. The number of aromatic nitrogens is 2. The number of anilines is 2. The molecule has 1 aliphatic heterocycles. The zero-order valence-electron chi connectivity index (χ0n) is 15.8. The van der Waals surface area contributed by atoms with Crippen LogP contribution in [0.25, 0.3) is 0 Å². The number of hydrogen-bond acceptors (Lipinski definition) is 8. The number of esters is 1. The number of hydrazine groups is 1. The predicted octanol–water partition coefficient (Wildman–Crippen LogP) is -1.15. The molecule has 0 aliphatic carbocycles. The van der Waals surface area contributed by atoms with E-state index < -0.39 is 29.4 Å². The van der Waals surface area contributed by atoms with Crippen LogP contribution in [0.15, 0.2) is 33.9 Å². The van der Waals surface area contributed by atoms with Gasteiger partial charge in [-0.25, -0.2) is 9.80 Å². The van der Waals surface area contributed by atoms with E-state index in [-0.39, 0.29) is 22.8 Å². The van der Waals surface area contributed by atoms with Gasteiger partial charge in [-0.3, -0.25) is 34.7 Å². The van der Waals surface area contributed by atoms with Gasteiger partial charge in [-0.15, -0.1) is 0 Å². The fourth-order valence-electron chi connectivity index (χ4n) is 3.02. The number of carbonyl (C=O) groups is 2. The molecule has 2 heterocycles. The molecule has 1 aromatic carbocycles. The lowest BCUT2D eigenvalue weighted by molar-refractivity contribution is -0.131. The molecule has 0 saturated heterocycles. The van der Waals surface area contributed by atoms with Crippen LogP contribution in [0.3, 0.4) is 0 Å². The van der Waals surface area contributed by atoms with E-state index in [1.165, 1.54) is 47.6 Å². The lowest BCUT2D eigenvalue weighted by Crippen LogP contribution is -2.56. The molecule has 0 fully saturated rings. The third-order valence-electron chi connectivity index (χ3n) is 4.46. The van der Waals surface area contributed by atoms with Gasteiger partial charge in [-0.2, -0.15) is 0 Å². The molecule has 1 atom stereocenters. The second kappa shape index (κ2) is 6.85. The zero-order chi connectivity index (χ0) is 20.7. The van der Waals surface area contributed by atoms with Crippen molar-refractivity contribution in [3.8, 4) is 5.75 Å². The van der Waals surface area contributed by atoms with E-state index in [1.54, 1.807) is 19.2 Å². The average Bonchev–Trinajstić information content (AvgIpc) is 2.89. The van der Waals surface area contributed by atoms with E-state index in [2.05, 4.69) is 5.43 Å². The Morgan fingerprint density at radius 1 is 1.11 bits per heavy atom. The molecule has 1 unspecified atom stereocenters. The van der Waals surface area contributed by atoms with E-state index >= 15 is 0 Å². The topological polar surface area (TPSA) is 132 Å². The number of ether oxygens (including phenoxy) is 1. The summed E-state index contributed by atoms with van der Waals surface area (Å²) < 4.78 is 7.24. The van der Waals surface area contributed by atoms with Crippen molar-refractivity contribution in [2.24, 2.45) is 19.8 Å². The molecule has 1 aliphatic rings. The van der Waals surface area contributed by atoms with Crippen molar-refractivity contribution in [2.75, 3.05) is 17.0 Å². The van der Waals surface area contributed by atoms with Gasteiger partial charge < -0.3 is 9.64 Å². The highest BCUT2D eigenvalue weighted by Crippen LogP contribution is 2.31. The summed E-state index contributed by atoms with van der Waals surface area (Å²) in [5.41, 5.74) is 7.90. The summed E-state index contributed by atoms with van der Waals surface area (Å²) in [5.74, 6) is -0.969. The molecule has 148 valence electrons. The molecule has 2 aromatic rings. The molecule has 11 nitrogen and oxygen atoms in total. The Labute approximate surface area is 159 Å². The van der Waals surface area contributed by atoms with Crippen LogP contribution in [-0.4, -0.2) is 34.3 Å². The van der Waals surface area contributed by atoms with Crippen molar-refractivity contribution < 1.29 is 14.3 Å². The number of fused-ring (bicyclic) bond motifs is 1. The van der Waals surface area contributed by atoms with Gasteiger partial charge in [0.25, 0.3) is 11.5 Å². The lowest BCUT2D eigenvalue weighted by atomic mass is 10.2. The van der Waals surface area contributed by atoms with Crippen LogP contribution in [0.1, 0.15) is 17.3 Å². The molecule has 1 aromatic heterocycles. The number of rotatable bonds is 3. The maximum atomic E-state index is 12.8. The average molecular weight is 388 g/mol. The molecular formula is C17H20N6O5. The Morgan fingerprint density at radius 2 is 1.75 bits per heavy atom. The molecule has 0 bridgehead atoms. The van der Waals surface area contributed by atoms with E-state index in [9.17, 15) is 19.2 Å². The Bertz CT molecular complexity index is 1090. The standard InChI is InChI=1S/C17H20N6O5/c1-9(24)28-11-8-6-5-7-10(11)13(25)19-23-14-12(20(2)16(23)18)15(26)22(4)17(27)21(14)3/h5-8,16H,18H2,1-4H3,(H,19,25).